The molecule has 0 spiro atoms. The van der Waals surface area contributed by atoms with Crippen LogP contribution in [-0.2, 0) is 13.0 Å². The van der Waals surface area contributed by atoms with Crippen molar-refractivity contribution in [3.8, 4) is 0 Å². The number of carbonyl (C=O) groups excluding carboxylic acids is 1. The van der Waals surface area contributed by atoms with Gasteiger partial charge in [-0.1, -0.05) is 0 Å². The highest BCUT2D eigenvalue weighted by atomic mass is 32.1. The van der Waals surface area contributed by atoms with Crippen molar-refractivity contribution >= 4 is 17.4 Å². The number of aliphatic hydroxyl groups is 1. The Morgan fingerprint density at radius 3 is 3.19 bits per heavy atom. The van der Waals surface area contributed by atoms with E-state index >= 15 is 0 Å². The summed E-state index contributed by atoms with van der Waals surface area (Å²) < 4.78 is 0. The van der Waals surface area contributed by atoms with E-state index in [-0.39, 0.29) is 12.1 Å². The molecule has 0 aliphatic carbocycles. The van der Waals surface area contributed by atoms with Crippen molar-refractivity contribution < 1.29 is 9.90 Å². The number of hydrogen-bond acceptors (Lipinski definition) is 4. The molecule has 2 N–H and O–H groups in total. The molecule has 1 unspecified atom stereocenters. The Morgan fingerprint density at radius 1 is 1.62 bits per heavy atom. The molecule has 0 saturated heterocycles. The van der Waals surface area contributed by atoms with Crippen molar-refractivity contribution in [3.05, 3.63) is 21.9 Å². The maximum atomic E-state index is 11.9. The molecule has 0 saturated carbocycles. The van der Waals surface area contributed by atoms with E-state index in [1.165, 1.54) is 10.4 Å². The van der Waals surface area contributed by atoms with Gasteiger partial charge in [-0.15, -0.1) is 11.3 Å². The summed E-state index contributed by atoms with van der Waals surface area (Å²) in [4.78, 5) is 17.4. The second-order valence-corrected chi connectivity index (χ2v) is 6.69. The number of urea groups is 1. The third kappa shape index (κ3) is 4.98. The van der Waals surface area contributed by atoms with Crippen LogP contribution in [0.3, 0.4) is 0 Å². The molecule has 1 aromatic heterocycles. The minimum absolute atomic E-state index is 0.0659. The van der Waals surface area contributed by atoms with Gasteiger partial charge in [-0.25, -0.2) is 4.79 Å². The number of rotatable bonds is 6. The molecular weight excluding hydrogens is 286 g/mol. The first kappa shape index (κ1) is 16.3. The SMILES string of the molecule is CC(O)CCN(C)C(=O)NCCN1CCc2sccc2C1. The Labute approximate surface area is 130 Å². The van der Waals surface area contributed by atoms with E-state index in [1.54, 1.807) is 18.9 Å². The molecular formula is C15H25N3O2S. The smallest absolute Gasteiger partial charge is 0.317 e. The van der Waals surface area contributed by atoms with Gasteiger partial charge in [0.05, 0.1) is 6.10 Å². The second-order valence-electron chi connectivity index (χ2n) is 5.69. The summed E-state index contributed by atoms with van der Waals surface area (Å²) in [7, 11) is 1.76. The fourth-order valence-corrected chi connectivity index (χ4v) is 3.33. The largest absolute Gasteiger partial charge is 0.393 e. The van der Waals surface area contributed by atoms with Crippen molar-refractivity contribution in [1.82, 2.24) is 15.1 Å². The summed E-state index contributed by atoms with van der Waals surface area (Å²) in [5, 5.41) is 14.3. The maximum Gasteiger partial charge on any atom is 0.317 e. The van der Waals surface area contributed by atoms with E-state index < -0.39 is 0 Å². The molecule has 1 aromatic rings. The molecule has 0 radical (unpaired) electrons. The third-order valence-corrected chi connectivity index (χ3v) is 4.84. The van der Waals surface area contributed by atoms with Crippen LogP contribution in [0.4, 0.5) is 4.79 Å². The summed E-state index contributed by atoms with van der Waals surface area (Å²) >= 11 is 1.84. The number of carbonyl (C=O) groups is 1. The van der Waals surface area contributed by atoms with E-state index in [0.29, 0.717) is 19.5 Å². The Kier molecular flexibility index (Phi) is 6.02. The molecule has 0 fully saturated rings. The van der Waals surface area contributed by atoms with Crippen LogP contribution < -0.4 is 5.32 Å². The molecule has 2 rings (SSSR count). The molecule has 0 bridgehead atoms. The van der Waals surface area contributed by atoms with E-state index in [9.17, 15) is 9.90 Å². The highest BCUT2D eigenvalue weighted by Gasteiger charge is 2.17. The van der Waals surface area contributed by atoms with Crippen LogP contribution in [0.1, 0.15) is 23.8 Å². The van der Waals surface area contributed by atoms with Crippen LogP contribution >= 0.6 is 11.3 Å². The predicted molar refractivity (Wildman–Crippen MR) is 85.6 cm³/mol. The molecule has 1 atom stereocenters. The molecule has 2 heterocycles. The zero-order valence-electron chi connectivity index (χ0n) is 12.8. The maximum absolute atomic E-state index is 11.9. The van der Waals surface area contributed by atoms with Crippen LogP contribution in [-0.4, -0.2) is 60.3 Å². The average Bonchev–Trinajstić information content (AvgIpc) is 2.92. The van der Waals surface area contributed by atoms with Gasteiger partial charge < -0.3 is 15.3 Å². The third-order valence-electron chi connectivity index (χ3n) is 3.82. The Hall–Kier alpha value is -1.11. The number of nitrogens with zero attached hydrogens (tertiary/aromatic N) is 2. The highest BCUT2D eigenvalue weighted by Crippen LogP contribution is 2.23. The first-order valence-electron chi connectivity index (χ1n) is 7.51. The molecule has 1 aliphatic rings. The van der Waals surface area contributed by atoms with Crippen molar-refractivity contribution in [2.75, 3.05) is 33.2 Å². The number of nitrogens with one attached hydrogen (secondary N) is 1. The quantitative estimate of drug-likeness (QED) is 0.837. The molecule has 2 amide bonds. The standard InChI is InChI=1S/C15H25N3O2S/c1-12(19)3-7-17(2)15(20)16-6-9-18-8-4-14-13(11-18)5-10-21-14/h5,10,12,19H,3-4,6-9,11H2,1-2H3,(H,16,20). The summed E-state index contributed by atoms with van der Waals surface area (Å²) in [6, 6.07) is 2.14. The van der Waals surface area contributed by atoms with E-state index in [1.807, 2.05) is 11.3 Å². The van der Waals surface area contributed by atoms with Crippen molar-refractivity contribution in [3.63, 3.8) is 0 Å². The van der Waals surface area contributed by atoms with E-state index in [0.717, 1.165) is 26.1 Å². The van der Waals surface area contributed by atoms with E-state index in [2.05, 4.69) is 21.7 Å². The number of thiophene rings is 1. The van der Waals surface area contributed by atoms with Crippen molar-refractivity contribution in [1.29, 1.82) is 0 Å². The van der Waals surface area contributed by atoms with Crippen LogP contribution in [0.5, 0.6) is 0 Å². The van der Waals surface area contributed by atoms with Gasteiger partial charge >= 0.3 is 6.03 Å². The number of fused-ring (bicyclic) bond motifs is 1. The zero-order chi connectivity index (χ0) is 15.2. The Bertz CT molecular complexity index is 462. The van der Waals surface area contributed by atoms with Crippen LogP contribution in [0.15, 0.2) is 11.4 Å². The first-order chi connectivity index (χ1) is 10.1. The molecule has 118 valence electrons. The number of amides is 2. The highest BCUT2D eigenvalue weighted by molar-refractivity contribution is 7.10. The molecule has 5 nitrogen and oxygen atoms in total. The average molecular weight is 311 g/mol. The van der Waals surface area contributed by atoms with Crippen LogP contribution in [0.2, 0.25) is 0 Å². The van der Waals surface area contributed by atoms with Crippen LogP contribution in [0, 0.1) is 0 Å². The van der Waals surface area contributed by atoms with Gasteiger partial charge in [0.15, 0.2) is 0 Å². The monoisotopic (exact) mass is 311 g/mol. The zero-order valence-corrected chi connectivity index (χ0v) is 13.7. The van der Waals surface area contributed by atoms with Crippen molar-refractivity contribution in [2.24, 2.45) is 0 Å². The molecule has 6 heteroatoms. The van der Waals surface area contributed by atoms with Gasteiger partial charge in [0.2, 0.25) is 0 Å². The van der Waals surface area contributed by atoms with Gasteiger partial charge in [-0.05, 0) is 36.8 Å². The fraction of sp³-hybridized carbons (Fsp3) is 0.667. The second kappa shape index (κ2) is 7.77. The van der Waals surface area contributed by atoms with Crippen molar-refractivity contribution in [2.45, 2.75) is 32.4 Å². The number of hydrogen-bond donors (Lipinski definition) is 2. The summed E-state index contributed by atoms with van der Waals surface area (Å²) in [6.07, 6.45) is 1.36. The predicted octanol–water partition coefficient (Wildman–Crippen LogP) is 1.52. The van der Waals surface area contributed by atoms with Gasteiger partial charge in [0.1, 0.15) is 0 Å². The molecule has 0 aromatic carbocycles. The lowest BCUT2D eigenvalue weighted by Gasteiger charge is -2.27. The van der Waals surface area contributed by atoms with E-state index in [4.69, 9.17) is 0 Å². The topological polar surface area (TPSA) is 55.8 Å². The lowest BCUT2D eigenvalue weighted by atomic mass is 10.1. The summed E-state index contributed by atoms with van der Waals surface area (Å²) in [5.74, 6) is 0. The Balaban J connectivity index is 1.64. The Morgan fingerprint density at radius 2 is 2.43 bits per heavy atom. The first-order valence-corrected chi connectivity index (χ1v) is 8.39. The minimum Gasteiger partial charge on any atom is -0.393 e. The summed E-state index contributed by atoms with van der Waals surface area (Å²) in [6.45, 7) is 5.92. The molecule has 21 heavy (non-hydrogen) atoms. The normalized spacial score (nSPS) is 16.3. The minimum atomic E-state index is -0.367. The lowest BCUT2D eigenvalue weighted by Crippen LogP contribution is -2.42. The van der Waals surface area contributed by atoms with Gasteiger partial charge in [-0.3, -0.25) is 4.90 Å². The van der Waals surface area contributed by atoms with Gasteiger partial charge in [-0.2, -0.15) is 0 Å². The molecule has 1 aliphatic heterocycles. The lowest BCUT2D eigenvalue weighted by molar-refractivity contribution is 0.162. The summed E-state index contributed by atoms with van der Waals surface area (Å²) in [5.41, 5.74) is 1.44. The number of aliphatic hydroxyl groups excluding tert-OH is 1. The van der Waals surface area contributed by atoms with Crippen LogP contribution in [0.25, 0.3) is 0 Å². The fourth-order valence-electron chi connectivity index (χ4n) is 2.44. The van der Waals surface area contributed by atoms with Gasteiger partial charge in [0, 0.05) is 44.6 Å². The van der Waals surface area contributed by atoms with Gasteiger partial charge in [0.25, 0.3) is 0 Å².